The Morgan fingerprint density at radius 2 is 2.05 bits per heavy atom. The average molecular weight is 292 g/mol. The summed E-state index contributed by atoms with van der Waals surface area (Å²) in [6, 6.07) is 6.14. The molecule has 21 heavy (non-hydrogen) atoms. The molecule has 2 aliphatic heterocycles. The number of halogens is 1. The maximum absolute atomic E-state index is 12.8. The molecule has 0 saturated carbocycles. The van der Waals surface area contributed by atoms with Crippen molar-refractivity contribution >= 4 is 5.97 Å². The van der Waals surface area contributed by atoms with Crippen molar-refractivity contribution in [3.05, 3.63) is 35.6 Å². The van der Waals surface area contributed by atoms with E-state index in [-0.39, 0.29) is 11.8 Å². The lowest BCUT2D eigenvalue weighted by Gasteiger charge is -2.37. The van der Waals surface area contributed by atoms with E-state index in [1.54, 1.807) is 0 Å². The third-order valence-electron chi connectivity index (χ3n) is 4.39. The number of fused-ring (bicyclic) bond motifs is 1. The Morgan fingerprint density at radius 3 is 2.86 bits per heavy atom. The zero-order chi connectivity index (χ0) is 14.7. The number of hydrogen-bond acceptors (Lipinski definition) is 4. The van der Waals surface area contributed by atoms with Gasteiger partial charge in [0.15, 0.2) is 0 Å². The Hall–Kier alpha value is -1.46. The van der Waals surface area contributed by atoms with Gasteiger partial charge in [0, 0.05) is 32.2 Å². The van der Waals surface area contributed by atoms with E-state index in [2.05, 4.69) is 9.80 Å². The number of carbonyl (C=O) groups is 1. The highest BCUT2D eigenvalue weighted by molar-refractivity contribution is 5.89. The van der Waals surface area contributed by atoms with Crippen LogP contribution in [0.2, 0.25) is 0 Å². The van der Waals surface area contributed by atoms with E-state index in [9.17, 15) is 9.18 Å². The number of esters is 1. The number of carbonyl (C=O) groups excluding carboxylic acids is 1. The van der Waals surface area contributed by atoms with Gasteiger partial charge >= 0.3 is 5.97 Å². The van der Waals surface area contributed by atoms with Crippen molar-refractivity contribution in [2.24, 2.45) is 0 Å². The molecule has 0 aliphatic carbocycles. The Kier molecular flexibility index (Phi) is 4.51. The number of rotatable bonds is 4. The molecular weight excluding hydrogens is 271 g/mol. The second-order valence-corrected chi connectivity index (χ2v) is 5.78. The smallest absolute Gasteiger partial charge is 0.338 e. The van der Waals surface area contributed by atoms with Crippen molar-refractivity contribution in [3.8, 4) is 0 Å². The van der Waals surface area contributed by atoms with Crippen LogP contribution in [-0.2, 0) is 4.74 Å². The third-order valence-corrected chi connectivity index (χ3v) is 4.39. The Balaban J connectivity index is 1.41. The van der Waals surface area contributed by atoms with Crippen molar-refractivity contribution in [2.75, 3.05) is 39.3 Å². The fraction of sp³-hybridized carbons (Fsp3) is 0.562. The van der Waals surface area contributed by atoms with Crippen LogP contribution in [0, 0.1) is 5.82 Å². The molecule has 1 aromatic carbocycles. The van der Waals surface area contributed by atoms with Gasteiger partial charge in [-0.15, -0.1) is 0 Å². The molecule has 1 unspecified atom stereocenters. The van der Waals surface area contributed by atoms with E-state index in [0.717, 1.165) is 26.2 Å². The maximum Gasteiger partial charge on any atom is 0.338 e. The summed E-state index contributed by atoms with van der Waals surface area (Å²) < 4.78 is 18.1. The molecule has 0 radical (unpaired) electrons. The van der Waals surface area contributed by atoms with Crippen molar-refractivity contribution in [3.63, 3.8) is 0 Å². The number of ether oxygens (including phenoxy) is 1. The topological polar surface area (TPSA) is 32.8 Å². The summed E-state index contributed by atoms with van der Waals surface area (Å²) in [5.41, 5.74) is 0.400. The first-order valence-corrected chi connectivity index (χ1v) is 7.61. The Morgan fingerprint density at radius 1 is 1.24 bits per heavy atom. The standard InChI is InChI=1S/C16H21FN2O2/c17-14-5-3-13(4-6-14)16(20)21-11-10-18-8-9-19-7-1-2-15(19)12-18/h3-6,15H,1-2,7-12H2. The molecule has 0 N–H and O–H groups in total. The molecular formula is C16H21FN2O2. The molecule has 1 atom stereocenters. The third kappa shape index (κ3) is 3.60. The second kappa shape index (κ2) is 6.54. The summed E-state index contributed by atoms with van der Waals surface area (Å²) in [4.78, 5) is 16.7. The average Bonchev–Trinajstić information content (AvgIpc) is 2.95. The Bertz CT molecular complexity index is 492. The van der Waals surface area contributed by atoms with Gasteiger partial charge in [-0.05, 0) is 43.7 Å². The molecule has 3 rings (SSSR count). The molecule has 4 nitrogen and oxygen atoms in total. The molecule has 0 bridgehead atoms. The molecule has 0 amide bonds. The predicted molar refractivity (Wildman–Crippen MR) is 77.7 cm³/mol. The summed E-state index contributed by atoms with van der Waals surface area (Å²) in [7, 11) is 0. The van der Waals surface area contributed by atoms with E-state index >= 15 is 0 Å². The first kappa shape index (κ1) is 14.5. The SMILES string of the molecule is O=C(OCCN1CCN2CCCC2C1)c1ccc(F)cc1. The van der Waals surface area contributed by atoms with Crippen molar-refractivity contribution in [1.82, 2.24) is 9.80 Å². The van der Waals surface area contributed by atoms with Crippen LogP contribution in [0.25, 0.3) is 0 Å². The van der Waals surface area contributed by atoms with Gasteiger partial charge in [0.2, 0.25) is 0 Å². The zero-order valence-corrected chi connectivity index (χ0v) is 12.1. The molecule has 2 saturated heterocycles. The van der Waals surface area contributed by atoms with Crippen LogP contribution in [0.5, 0.6) is 0 Å². The van der Waals surface area contributed by atoms with Gasteiger partial charge in [0.1, 0.15) is 12.4 Å². The quantitative estimate of drug-likeness (QED) is 0.792. The minimum Gasteiger partial charge on any atom is -0.461 e. The number of piperazine rings is 1. The molecule has 0 spiro atoms. The van der Waals surface area contributed by atoms with Crippen LogP contribution < -0.4 is 0 Å². The van der Waals surface area contributed by atoms with Crippen LogP contribution in [0.1, 0.15) is 23.2 Å². The van der Waals surface area contributed by atoms with E-state index in [0.29, 0.717) is 18.2 Å². The normalized spacial score (nSPS) is 23.0. The minimum absolute atomic E-state index is 0.346. The van der Waals surface area contributed by atoms with Crippen LogP contribution in [0.4, 0.5) is 4.39 Å². The monoisotopic (exact) mass is 292 g/mol. The van der Waals surface area contributed by atoms with Crippen LogP contribution >= 0.6 is 0 Å². The predicted octanol–water partition coefficient (Wildman–Crippen LogP) is 1.76. The fourth-order valence-corrected chi connectivity index (χ4v) is 3.20. The summed E-state index contributed by atoms with van der Waals surface area (Å²) in [6.45, 7) is 5.65. The van der Waals surface area contributed by atoms with Crippen molar-refractivity contribution in [2.45, 2.75) is 18.9 Å². The molecule has 5 heteroatoms. The van der Waals surface area contributed by atoms with Gasteiger partial charge in [-0.2, -0.15) is 0 Å². The number of benzene rings is 1. The highest BCUT2D eigenvalue weighted by Gasteiger charge is 2.30. The molecule has 0 aromatic heterocycles. The van der Waals surface area contributed by atoms with E-state index in [1.165, 1.54) is 43.7 Å². The number of nitrogens with zero attached hydrogens (tertiary/aromatic N) is 2. The maximum atomic E-state index is 12.8. The summed E-state index contributed by atoms with van der Waals surface area (Å²) in [5, 5.41) is 0. The molecule has 114 valence electrons. The van der Waals surface area contributed by atoms with Crippen LogP contribution in [0.3, 0.4) is 0 Å². The minimum atomic E-state index is -0.380. The van der Waals surface area contributed by atoms with Gasteiger partial charge in [-0.3, -0.25) is 9.80 Å². The molecule has 1 aromatic rings. The Labute approximate surface area is 124 Å². The van der Waals surface area contributed by atoms with Gasteiger partial charge in [0.05, 0.1) is 5.56 Å². The highest BCUT2D eigenvalue weighted by atomic mass is 19.1. The second-order valence-electron chi connectivity index (χ2n) is 5.78. The van der Waals surface area contributed by atoms with Gasteiger partial charge in [-0.25, -0.2) is 9.18 Å². The van der Waals surface area contributed by atoms with E-state index in [4.69, 9.17) is 4.74 Å². The first-order chi connectivity index (χ1) is 10.2. The largest absolute Gasteiger partial charge is 0.461 e. The lowest BCUT2D eigenvalue weighted by molar-refractivity contribution is 0.0394. The summed E-state index contributed by atoms with van der Waals surface area (Å²) in [6.07, 6.45) is 2.59. The lowest BCUT2D eigenvalue weighted by Crippen LogP contribution is -2.50. The fourth-order valence-electron chi connectivity index (χ4n) is 3.20. The summed E-state index contributed by atoms with van der Waals surface area (Å²) >= 11 is 0. The van der Waals surface area contributed by atoms with Crippen molar-refractivity contribution < 1.29 is 13.9 Å². The van der Waals surface area contributed by atoms with Crippen molar-refractivity contribution in [1.29, 1.82) is 0 Å². The first-order valence-electron chi connectivity index (χ1n) is 7.61. The van der Waals surface area contributed by atoms with Gasteiger partial charge < -0.3 is 4.74 Å². The lowest BCUT2D eigenvalue weighted by atomic mass is 10.1. The number of hydrogen-bond donors (Lipinski definition) is 0. The van der Waals surface area contributed by atoms with Gasteiger partial charge in [0.25, 0.3) is 0 Å². The van der Waals surface area contributed by atoms with E-state index in [1.807, 2.05) is 0 Å². The molecule has 2 heterocycles. The van der Waals surface area contributed by atoms with Gasteiger partial charge in [-0.1, -0.05) is 0 Å². The van der Waals surface area contributed by atoms with Crippen LogP contribution in [-0.4, -0.2) is 61.1 Å². The van der Waals surface area contributed by atoms with Crippen LogP contribution in [0.15, 0.2) is 24.3 Å². The molecule has 2 fully saturated rings. The highest BCUT2D eigenvalue weighted by Crippen LogP contribution is 2.21. The van der Waals surface area contributed by atoms with E-state index < -0.39 is 0 Å². The zero-order valence-electron chi connectivity index (χ0n) is 12.1. The summed E-state index contributed by atoms with van der Waals surface area (Å²) in [5.74, 6) is -0.726. The molecule has 2 aliphatic rings.